The van der Waals surface area contributed by atoms with Crippen molar-refractivity contribution in [3.05, 3.63) is 0 Å². The van der Waals surface area contributed by atoms with Crippen LogP contribution in [0.2, 0.25) is 0 Å². The maximum atomic E-state index is 10.9. The van der Waals surface area contributed by atoms with Gasteiger partial charge in [0.15, 0.2) is 12.4 Å². The van der Waals surface area contributed by atoms with E-state index < -0.39 is 18.4 Å². The van der Waals surface area contributed by atoms with Gasteiger partial charge in [0.05, 0.1) is 12.1 Å². The van der Waals surface area contributed by atoms with Crippen molar-refractivity contribution in [3.63, 3.8) is 0 Å². The van der Waals surface area contributed by atoms with E-state index in [2.05, 4.69) is 0 Å². The number of hydrogen-bond acceptors (Lipinski definition) is 5. The van der Waals surface area contributed by atoms with Crippen LogP contribution in [0.1, 0.15) is 20.3 Å². The van der Waals surface area contributed by atoms with E-state index in [0.29, 0.717) is 0 Å². The molecule has 5 heteroatoms. The summed E-state index contributed by atoms with van der Waals surface area (Å²) in [6.45, 7) is 3.22. The van der Waals surface area contributed by atoms with Crippen LogP contribution in [0, 0.1) is 0 Å². The molecule has 5 nitrogen and oxygen atoms in total. The molecule has 0 saturated carbocycles. The van der Waals surface area contributed by atoms with E-state index in [4.69, 9.17) is 9.47 Å². The molecule has 0 amide bonds. The number of aliphatic hydroxyl groups is 1. The van der Waals surface area contributed by atoms with Gasteiger partial charge in [0.25, 0.3) is 0 Å². The average molecular weight is 217 g/mol. The number of ether oxygens (including phenoxy) is 2. The summed E-state index contributed by atoms with van der Waals surface area (Å²) in [5.74, 6) is -0.399. The number of esters is 1. The highest BCUT2D eigenvalue weighted by Crippen LogP contribution is 2.24. The Morgan fingerprint density at radius 2 is 2.13 bits per heavy atom. The van der Waals surface area contributed by atoms with Gasteiger partial charge in [-0.3, -0.25) is 4.79 Å². The Bertz CT molecular complexity index is 231. The van der Waals surface area contributed by atoms with Gasteiger partial charge in [0.1, 0.15) is 0 Å². The van der Waals surface area contributed by atoms with Crippen molar-refractivity contribution in [1.29, 1.82) is 0 Å². The summed E-state index contributed by atoms with van der Waals surface area (Å²) in [5, 5.41) is 9.68. The predicted octanol–water partition coefficient (Wildman–Crippen LogP) is -0.0245. The number of carbonyl (C=O) groups excluding carboxylic acids is 1. The smallest absolute Gasteiger partial charge is 0.303 e. The standard InChI is InChI=1S/C10H19NO4/c1-6-5-8(11(3)4)9(10(13)14-6)15-7(2)12/h6,8-10,13H,5H2,1-4H3/t6-,8+,9-,10-/m1/s1. The third-order valence-corrected chi connectivity index (χ3v) is 2.57. The minimum absolute atomic E-state index is 0.00681. The normalized spacial score (nSPS) is 36.7. The van der Waals surface area contributed by atoms with Crippen LogP contribution in [0.3, 0.4) is 0 Å². The second kappa shape index (κ2) is 4.92. The lowest BCUT2D eigenvalue weighted by molar-refractivity contribution is -0.240. The molecular weight excluding hydrogens is 198 g/mol. The quantitative estimate of drug-likeness (QED) is 0.658. The molecular formula is C10H19NO4. The van der Waals surface area contributed by atoms with Crippen molar-refractivity contribution in [2.45, 2.75) is 44.8 Å². The molecule has 0 aromatic heterocycles. The van der Waals surface area contributed by atoms with E-state index in [-0.39, 0.29) is 12.1 Å². The summed E-state index contributed by atoms with van der Waals surface area (Å²) in [5.41, 5.74) is 0. The molecule has 0 aromatic carbocycles. The van der Waals surface area contributed by atoms with Crippen LogP contribution in [-0.2, 0) is 14.3 Å². The predicted molar refractivity (Wildman–Crippen MR) is 54.2 cm³/mol. The van der Waals surface area contributed by atoms with E-state index in [0.717, 1.165) is 6.42 Å². The number of hydrogen-bond donors (Lipinski definition) is 1. The van der Waals surface area contributed by atoms with E-state index >= 15 is 0 Å². The molecule has 0 bridgehead atoms. The molecule has 88 valence electrons. The Labute approximate surface area is 90.0 Å². The molecule has 4 atom stereocenters. The monoisotopic (exact) mass is 217 g/mol. The maximum Gasteiger partial charge on any atom is 0.303 e. The average Bonchev–Trinajstić information content (AvgIpc) is 2.08. The minimum Gasteiger partial charge on any atom is -0.455 e. The number of rotatable bonds is 2. The highest BCUT2D eigenvalue weighted by Gasteiger charge is 2.39. The van der Waals surface area contributed by atoms with Crippen molar-refractivity contribution in [1.82, 2.24) is 4.90 Å². The van der Waals surface area contributed by atoms with E-state index in [1.807, 2.05) is 25.9 Å². The van der Waals surface area contributed by atoms with Gasteiger partial charge in [-0.05, 0) is 27.4 Å². The first-order valence-electron chi connectivity index (χ1n) is 5.09. The molecule has 0 aromatic rings. The van der Waals surface area contributed by atoms with Gasteiger partial charge in [-0.15, -0.1) is 0 Å². The largest absolute Gasteiger partial charge is 0.455 e. The first-order valence-corrected chi connectivity index (χ1v) is 5.09. The third kappa shape index (κ3) is 3.15. The molecule has 0 aliphatic carbocycles. The molecule has 1 heterocycles. The fourth-order valence-corrected chi connectivity index (χ4v) is 1.87. The second-order valence-corrected chi connectivity index (χ2v) is 4.18. The van der Waals surface area contributed by atoms with Gasteiger partial charge < -0.3 is 19.5 Å². The molecule has 0 radical (unpaired) electrons. The Balaban J connectivity index is 2.73. The van der Waals surface area contributed by atoms with Gasteiger partial charge in [0, 0.05) is 6.92 Å². The second-order valence-electron chi connectivity index (χ2n) is 4.18. The number of carbonyl (C=O) groups is 1. The van der Waals surface area contributed by atoms with Crippen LogP contribution in [-0.4, -0.2) is 54.6 Å². The molecule has 1 aliphatic heterocycles. The minimum atomic E-state index is -1.04. The van der Waals surface area contributed by atoms with Gasteiger partial charge in [-0.1, -0.05) is 0 Å². The molecule has 15 heavy (non-hydrogen) atoms. The molecule has 1 fully saturated rings. The zero-order chi connectivity index (χ0) is 11.6. The summed E-state index contributed by atoms with van der Waals surface area (Å²) >= 11 is 0. The SMILES string of the molecule is CC(=O)O[C@H]1[C@H](O)O[C@H](C)C[C@@H]1N(C)C. The molecule has 1 rings (SSSR count). The Kier molecular flexibility index (Phi) is 4.07. The number of aliphatic hydroxyl groups excluding tert-OH is 1. The zero-order valence-corrected chi connectivity index (χ0v) is 9.64. The number of nitrogens with zero attached hydrogens (tertiary/aromatic N) is 1. The Hall–Kier alpha value is -0.650. The van der Waals surface area contributed by atoms with Crippen LogP contribution in [0.15, 0.2) is 0 Å². The van der Waals surface area contributed by atoms with Crippen molar-refractivity contribution in [2.75, 3.05) is 14.1 Å². The lowest BCUT2D eigenvalue weighted by Crippen LogP contribution is -2.54. The van der Waals surface area contributed by atoms with Gasteiger partial charge >= 0.3 is 5.97 Å². The number of likely N-dealkylation sites (N-methyl/N-ethyl adjacent to an activating group) is 1. The summed E-state index contributed by atoms with van der Waals surface area (Å²) < 4.78 is 10.3. The van der Waals surface area contributed by atoms with E-state index in [1.54, 1.807) is 0 Å². The fourth-order valence-electron chi connectivity index (χ4n) is 1.87. The fraction of sp³-hybridized carbons (Fsp3) is 0.900. The summed E-state index contributed by atoms with van der Waals surface area (Å²) in [4.78, 5) is 12.8. The first-order chi connectivity index (χ1) is 6.91. The van der Waals surface area contributed by atoms with Crippen molar-refractivity contribution >= 4 is 5.97 Å². The van der Waals surface area contributed by atoms with Crippen LogP contribution in [0.25, 0.3) is 0 Å². The summed E-state index contributed by atoms with van der Waals surface area (Å²) in [6.07, 6.45) is -0.930. The lowest BCUT2D eigenvalue weighted by Gasteiger charge is -2.40. The van der Waals surface area contributed by atoms with Gasteiger partial charge in [-0.25, -0.2) is 0 Å². The van der Waals surface area contributed by atoms with Crippen LogP contribution < -0.4 is 0 Å². The highest BCUT2D eigenvalue weighted by atomic mass is 16.6. The van der Waals surface area contributed by atoms with E-state index in [9.17, 15) is 9.90 Å². The summed E-state index contributed by atoms with van der Waals surface area (Å²) in [7, 11) is 3.79. The Morgan fingerprint density at radius 3 is 2.60 bits per heavy atom. The molecule has 1 aliphatic rings. The summed E-state index contributed by atoms with van der Waals surface area (Å²) in [6, 6.07) is -0.00681. The topological polar surface area (TPSA) is 59.0 Å². The molecule has 0 unspecified atom stereocenters. The maximum absolute atomic E-state index is 10.9. The van der Waals surface area contributed by atoms with Crippen molar-refractivity contribution in [2.24, 2.45) is 0 Å². The van der Waals surface area contributed by atoms with Crippen molar-refractivity contribution < 1.29 is 19.4 Å². The zero-order valence-electron chi connectivity index (χ0n) is 9.64. The van der Waals surface area contributed by atoms with Gasteiger partial charge in [0.2, 0.25) is 0 Å². The van der Waals surface area contributed by atoms with Crippen LogP contribution in [0.5, 0.6) is 0 Å². The molecule has 1 N–H and O–H groups in total. The van der Waals surface area contributed by atoms with Gasteiger partial charge in [-0.2, -0.15) is 0 Å². The van der Waals surface area contributed by atoms with E-state index in [1.165, 1.54) is 6.92 Å². The van der Waals surface area contributed by atoms with Crippen molar-refractivity contribution in [3.8, 4) is 0 Å². The van der Waals surface area contributed by atoms with Crippen LogP contribution in [0.4, 0.5) is 0 Å². The third-order valence-electron chi connectivity index (χ3n) is 2.57. The highest BCUT2D eigenvalue weighted by molar-refractivity contribution is 5.66. The Morgan fingerprint density at radius 1 is 1.53 bits per heavy atom. The first kappa shape index (κ1) is 12.4. The van der Waals surface area contributed by atoms with Crippen LogP contribution >= 0.6 is 0 Å². The molecule has 0 spiro atoms. The molecule has 1 saturated heterocycles. The lowest BCUT2D eigenvalue weighted by atomic mass is 9.99.